The molecule has 0 aromatic heterocycles. The van der Waals surface area contributed by atoms with Crippen molar-refractivity contribution in [2.24, 2.45) is 0 Å². The van der Waals surface area contributed by atoms with Crippen LogP contribution in [0.3, 0.4) is 0 Å². The molecule has 0 amide bonds. The Balaban J connectivity index is 1.79. The highest BCUT2D eigenvalue weighted by atomic mass is 19.1. The normalized spacial score (nSPS) is 21.0. The molecular formula is C23H19FN2O3. The van der Waals surface area contributed by atoms with E-state index in [0.717, 1.165) is 22.4 Å². The van der Waals surface area contributed by atoms with Gasteiger partial charge in [0.2, 0.25) is 5.72 Å². The van der Waals surface area contributed by atoms with Gasteiger partial charge in [-0.25, -0.2) is 4.39 Å². The zero-order valence-corrected chi connectivity index (χ0v) is 16.1. The molecular weight excluding hydrogens is 371 g/mol. The summed E-state index contributed by atoms with van der Waals surface area (Å²) >= 11 is 0. The summed E-state index contributed by atoms with van der Waals surface area (Å²) in [7, 11) is 0. The van der Waals surface area contributed by atoms with E-state index in [1.54, 1.807) is 24.3 Å². The van der Waals surface area contributed by atoms with Crippen molar-refractivity contribution in [3.8, 4) is 5.75 Å². The lowest BCUT2D eigenvalue weighted by molar-refractivity contribution is -0.385. The van der Waals surface area contributed by atoms with Crippen LogP contribution in [0.15, 0.2) is 66.7 Å². The van der Waals surface area contributed by atoms with Crippen molar-refractivity contribution in [3.05, 3.63) is 99.4 Å². The number of hydrogen-bond donors (Lipinski definition) is 0. The van der Waals surface area contributed by atoms with E-state index in [9.17, 15) is 14.5 Å². The van der Waals surface area contributed by atoms with E-state index in [0.29, 0.717) is 12.3 Å². The quantitative estimate of drug-likeness (QED) is 0.441. The summed E-state index contributed by atoms with van der Waals surface area (Å²) in [6.07, 6.45) is 0. The second-order valence-corrected chi connectivity index (χ2v) is 8.03. The van der Waals surface area contributed by atoms with E-state index >= 15 is 0 Å². The molecule has 0 spiro atoms. The van der Waals surface area contributed by atoms with Gasteiger partial charge in [0.05, 0.1) is 16.9 Å². The van der Waals surface area contributed by atoms with Gasteiger partial charge in [-0.2, -0.15) is 0 Å². The highest BCUT2D eigenvalue weighted by molar-refractivity contribution is 5.69. The third-order valence-electron chi connectivity index (χ3n) is 6.16. The number of halogens is 1. The Bertz CT molecular complexity index is 1150. The number of nitrogens with zero attached hydrogens (tertiary/aromatic N) is 2. The van der Waals surface area contributed by atoms with Crippen LogP contribution in [-0.2, 0) is 17.7 Å². The molecule has 6 heteroatoms. The summed E-state index contributed by atoms with van der Waals surface area (Å²) in [5.74, 6) is 0.310. The van der Waals surface area contributed by atoms with Gasteiger partial charge in [-0.15, -0.1) is 0 Å². The fraction of sp³-hybridized carbons (Fsp3) is 0.217. The third-order valence-corrected chi connectivity index (χ3v) is 6.16. The van der Waals surface area contributed by atoms with E-state index in [2.05, 4.69) is 18.7 Å². The molecule has 29 heavy (non-hydrogen) atoms. The lowest BCUT2D eigenvalue weighted by atomic mass is 9.73. The number of non-ortho nitro benzene ring substituents is 1. The van der Waals surface area contributed by atoms with Crippen molar-refractivity contribution in [2.45, 2.75) is 31.5 Å². The highest BCUT2D eigenvalue weighted by Crippen LogP contribution is 2.60. The predicted octanol–water partition coefficient (Wildman–Crippen LogP) is 5.28. The maximum atomic E-state index is 14.2. The van der Waals surface area contributed by atoms with Crippen molar-refractivity contribution < 1.29 is 14.1 Å². The number of nitro groups is 1. The number of anilines is 1. The van der Waals surface area contributed by atoms with Crippen molar-refractivity contribution in [2.75, 3.05) is 4.90 Å². The number of rotatable bonds is 2. The Hall–Kier alpha value is -3.41. The lowest BCUT2D eigenvalue weighted by Crippen LogP contribution is -2.58. The summed E-state index contributed by atoms with van der Waals surface area (Å²) < 4.78 is 20.9. The number of fused-ring (bicyclic) bond motifs is 4. The minimum Gasteiger partial charge on any atom is -0.462 e. The summed E-state index contributed by atoms with van der Waals surface area (Å²) in [6, 6.07) is 19.3. The topological polar surface area (TPSA) is 55.6 Å². The number of ether oxygens (including phenoxy) is 1. The smallest absolute Gasteiger partial charge is 0.270 e. The molecule has 3 aromatic rings. The maximum Gasteiger partial charge on any atom is 0.270 e. The molecule has 5 nitrogen and oxygen atoms in total. The van der Waals surface area contributed by atoms with E-state index in [1.807, 2.05) is 30.3 Å². The number of benzene rings is 3. The summed E-state index contributed by atoms with van der Waals surface area (Å²) in [5, 5.41) is 11.2. The van der Waals surface area contributed by atoms with Gasteiger partial charge in [-0.3, -0.25) is 10.1 Å². The second kappa shape index (κ2) is 5.80. The van der Waals surface area contributed by atoms with Crippen LogP contribution in [-0.4, -0.2) is 4.92 Å². The minimum absolute atomic E-state index is 0.0253. The van der Waals surface area contributed by atoms with Crippen LogP contribution < -0.4 is 9.64 Å². The molecule has 1 atom stereocenters. The molecule has 0 saturated heterocycles. The van der Waals surface area contributed by atoms with Crippen LogP contribution in [0.4, 0.5) is 15.8 Å². The monoisotopic (exact) mass is 390 g/mol. The molecule has 146 valence electrons. The molecule has 1 unspecified atom stereocenters. The SMILES string of the molecule is CC1(C)c2cc(F)ccc2N2Cc3cc([N+](=O)[O-])ccc3OC21c1ccccc1. The van der Waals surface area contributed by atoms with Crippen LogP contribution in [0.2, 0.25) is 0 Å². The minimum atomic E-state index is -0.895. The molecule has 2 heterocycles. The first-order valence-electron chi connectivity index (χ1n) is 9.44. The first kappa shape index (κ1) is 17.7. The first-order valence-corrected chi connectivity index (χ1v) is 9.44. The number of hydrogen-bond acceptors (Lipinski definition) is 4. The van der Waals surface area contributed by atoms with Gasteiger partial charge < -0.3 is 9.64 Å². The Labute approximate surface area is 167 Å². The maximum absolute atomic E-state index is 14.2. The largest absolute Gasteiger partial charge is 0.462 e. The molecule has 0 bridgehead atoms. The highest BCUT2D eigenvalue weighted by Gasteiger charge is 2.62. The van der Waals surface area contributed by atoms with Crippen molar-refractivity contribution in [1.29, 1.82) is 0 Å². The summed E-state index contributed by atoms with van der Waals surface area (Å²) in [4.78, 5) is 12.9. The molecule has 2 aliphatic heterocycles. The van der Waals surface area contributed by atoms with Crippen LogP contribution in [0.25, 0.3) is 0 Å². The molecule has 5 rings (SSSR count). The molecule has 0 aliphatic carbocycles. The Kier molecular flexibility index (Phi) is 3.53. The van der Waals surface area contributed by atoms with Gasteiger partial charge in [0.1, 0.15) is 11.6 Å². The van der Waals surface area contributed by atoms with Gasteiger partial charge >= 0.3 is 0 Å². The number of nitro benzene ring substituents is 1. The molecule has 0 radical (unpaired) electrons. The molecule has 2 aliphatic rings. The predicted molar refractivity (Wildman–Crippen MR) is 107 cm³/mol. The summed E-state index contributed by atoms with van der Waals surface area (Å²) in [6.45, 7) is 4.53. The van der Waals surface area contributed by atoms with Gasteiger partial charge in [-0.1, -0.05) is 30.3 Å². The Morgan fingerprint density at radius 2 is 1.83 bits per heavy atom. The van der Waals surface area contributed by atoms with Crippen molar-refractivity contribution >= 4 is 11.4 Å². The standard InChI is InChI=1S/C23H19FN2O3/c1-22(2)19-13-17(24)8-10-20(19)25-14-15-12-18(26(27)28)9-11-21(15)29-23(22,25)16-6-4-3-5-7-16/h3-13H,14H2,1-2H3. The van der Waals surface area contributed by atoms with Crippen LogP contribution in [0, 0.1) is 15.9 Å². The van der Waals surface area contributed by atoms with Crippen LogP contribution in [0.5, 0.6) is 5.75 Å². The summed E-state index contributed by atoms with van der Waals surface area (Å²) in [5.41, 5.74) is 1.96. The van der Waals surface area contributed by atoms with Gasteiger partial charge in [0, 0.05) is 28.9 Å². The van der Waals surface area contributed by atoms with E-state index in [4.69, 9.17) is 4.74 Å². The molecule has 0 saturated carbocycles. The molecule has 3 aromatic carbocycles. The zero-order chi connectivity index (χ0) is 20.4. The fourth-order valence-electron chi connectivity index (χ4n) is 4.78. The van der Waals surface area contributed by atoms with Gasteiger partial charge in [0.15, 0.2) is 0 Å². The van der Waals surface area contributed by atoms with Gasteiger partial charge in [0.25, 0.3) is 5.69 Å². The first-order chi connectivity index (χ1) is 13.8. The van der Waals surface area contributed by atoms with E-state index in [1.165, 1.54) is 12.1 Å². The van der Waals surface area contributed by atoms with E-state index in [-0.39, 0.29) is 11.5 Å². The molecule has 0 N–H and O–H groups in total. The van der Waals surface area contributed by atoms with Crippen molar-refractivity contribution in [3.63, 3.8) is 0 Å². The molecule has 0 fully saturated rings. The Morgan fingerprint density at radius 3 is 2.55 bits per heavy atom. The Morgan fingerprint density at radius 1 is 1.07 bits per heavy atom. The van der Waals surface area contributed by atoms with Gasteiger partial charge in [-0.05, 0) is 43.7 Å². The zero-order valence-electron chi connectivity index (χ0n) is 16.1. The third kappa shape index (κ3) is 2.26. The van der Waals surface area contributed by atoms with Crippen molar-refractivity contribution in [1.82, 2.24) is 0 Å². The lowest BCUT2D eigenvalue weighted by Gasteiger charge is -2.50. The average molecular weight is 390 g/mol. The van der Waals surface area contributed by atoms with E-state index < -0.39 is 16.1 Å². The average Bonchev–Trinajstić information content (AvgIpc) is 2.90. The van der Waals surface area contributed by atoms with Crippen LogP contribution in [0.1, 0.15) is 30.5 Å². The van der Waals surface area contributed by atoms with Crippen LogP contribution >= 0.6 is 0 Å². The fourth-order valence-corrected chi connectivity index (χ4v) is 4.78. The second-order valence-electron chi connectivity index (χ2n) is 8.03.